The first kappa shape index (κ1) is 53.8. The van der Waals surface area contributed by atoms with Crippen molar-refractivity contribution in [3.05, 3.63) is 0 Å². The number of hydrogen-bond acceptors (Lipinski definition) is 6. The lowest BCUT2D eigenvalue weighted by molar-refractivity contribution is -0.121. The van der Waals surface area contributed by atoms with Crippen molar-refractivity contribution in [3.63, 3.8) is 0 Å². The smallest absolute Gasteiger partial charge is 0.220 e. The van der Waals surface area contributed by atoms with Crippen LogP contribution in [0.2, 0.25) is 0 Å². The first-order valence-corrected chi connectivity index (χ1v) is 24.2. The highest BCUT2D eigenvalue weighted by Crippen LogP contribution is 2.15. The van der Waals surface area contributed by atoms with Crippen LogP contribution in [0.3, 0.4) is 0 Å². The quantitative estimate of drug-likeness (QED) is 0.0532. The van der Waals surface area contributed by atoms with E-state index in [1.807, 2.05) is 0 Å². The summed E-state index contributed by atoms with van der Waals surface area (Å²) in [6.45, 7) is 9.80. The minimum Gasteiger partial charge on any atom is -0.394 e. The van der Waals surface area contributed by atoms with Gasteiger partial charge in [0.1, 0.15) is 0 Å². The summed E-state index contributed by atoms with van der Waals surface area (Å²) in [5.74, 6) is 0.276. The van der Waals surface area contributed by atoms with Gasteiger partial charge >= 0.3 is 0 Å². The predicted molar refractivity (Wildman–Crippen MR) is 235 cm³/mol. The molecule has 0 fully saturated rings. The van der Waals surface area contributed by atoms with Crippen molar-refractivity contribution in [1.82, 2.24) is 15.5 Å². The summed E-state index contributed by atoms with van der Waals surface area (Å²) in [6.07, 6.45) is 42.5. The van der Waals surface area contributed by atoms with E-state index >= 15 is 0 Å². The molecule has 0 saturated carbocycles. The number of rotatable bonds is 47. The summed E-state index contributed by atoms with van der Waals surface area (Å²) in [5.41, 5.74) is 0. The van der Waals surface area contributed by atoms with E-state index in [9.17, 15) is 9.59 Å². The van der Waals surface area contributed by atoms with Gasteiger partial charge in [-0.1, -0.05) is 200 Å². The molecule has 0 aliphatic heterocycles. The molecule has 0 bridgehead atoms. The number of aliphatic hydroxyl groups is 1. The van der Waals surface area contributed by atoms with Gasteiger partial charge in [0.15, 0.2) is 0 Å². The Labute approximate surface area is 342 Å². The van der Waals surface area contributed by atoms with E-state index in [0.29, 0.717) is 52.4 Å². The molecule has 0 aliphatic carbocycles. The molecule has 0 aliphatic rings. The number of aliphatic hydroxyl groups excluding tert-OH is 1. The van der Waals surface area contributed by atoms with Gasteiger partial charge in [0, 0.05) is 45.6 Å². The van der Waals surface area contributed by atoms with Crippen molar-refractivity contribution in [3.8, 4) is 0 Å². The Kier molecular flexibility index (Phi) is 46.1. The van der Waals surface area contributed by atoms with Crippen molar-refractivity contribution < 1.29 is 24.2 Å². The van der Waals surface area contributed by atoms with Gasteiger partial charge in [-0.2, -0.15) is 0 Å². The number of nitrogens with one attached hydrogen (secondary N) is 2. The van der Waals surface area contributed by atoms with Crippen LogP contribution in [-0.2, 0) is 19.1 Å². The van der Waals surface area contributed by atoms with Crippen LogP contribution in [0, 0.1) is 0 Å². The molecular formula is C47H95N3O5. The highest BCUT2D eigenvalue weighted by molar-refractivity contribution is 5.76. The maximum atomic E-state index is 12.5. The fourth-order valence-corrected chi connectivity index (χ4v) is 7.29. The van der Waals surface area contributed by atoms with E-state index in [-0.39, 0.29) is 18.4 Å². The third-order valence-corrected chi connectivity index (χ3v) is 10.9. The van der Waals surface area contributed by atoms with Gasteiger partial charge in [0.05, 0.1) is 33.0 Å². The van der Waals surface area contributed by atoms with Crippen LogP contribution in [0.25, 0.3) is 0 Å². The molecule has 0 aromatic carbocycles. The highest BCUT2D eigenvalue weighted by Gasteiger charge is 2.09. The van der Waals surface area contributed by atoms with Crippen LogP contribution in [0.15, 0.2) is 0 Å². The molecule has 0 heterocycles. The third-order valence-electron chi connectivity index (χ3n) is 10.9. The van der Waals surface area contributed by atoms with Gasteiger partial charge in [0.2, 0.25) is 11.8 Å². The van der Waals surface area contributed by atoms with E-state index in [1.54, 1.807) is 0 Å². The molecule has 0 rings (SSSR count). The summed E-state index contributed by atoms with van der Waals surface area (Å²) in [4.78, 5) is 27.2. The molecule has 55 heavy (non-hydrogen) atoms. The van der Waals surface area contributed by atoms with Gasteiger partial charge in [0.25, 0.3) is 0 Å². The second-order valence-corrected chi connectivity index (χ2v) is 16.2. The molecule has 0 radical (unpaired) electrons. The maximum Gasteiger partial charge on any atom is 0.220 e. The molecule has 0 spiro atoms. The molecule has 328 valence electrons. The molecule has 0 saturated heterocycles. The predicted octanol–water partition coefficient (Wildman–Crippen LogP) is 11.5. The Morgan fingerprint density at radius 1 is 0.400 bits per heavy atom. The monoisotopic (exact) mass is 782 g/mol. The van der Waals surface area contributed by atoms with Crippen LogP contribution in [0.4, 0.5) is 0 Å². The zero-order chi connectivity index (χ0) is 40.0. The number of unbranched alkanes of at least 4 members (excludes halogenated alkanes) is 29. The average Bonchev–Trinajstić information content (AvgIpc) is 3.18. The van der Waals surface area contributed by atoms with E-state index in [1.165, 1.54) is 173 Å². The van der Waals surface area contributed by atoms with Crippen molar-refractivity contribution in [2.24, 2.45) is 0 Å². The van der Waals surface area contributed by atoms with Crippen molar-refractivity contribution in [2.45, 2.75) is 226 Å². The molecule has 0 aromatic rings. The minimum absolute atomic E-state index is 0.0180. The summed E-state index contributed by atoms with van der Waals surface area (Å²) in [7, 11) is 0. The normalized spacial score (nSPS) is 11.5. The molecule has 0 unspecified atom stereocenters. The summed E-state index contributed by atoms with van der Waals surface area (Å²) in [5, 5.41) is 15.1. The Balaban J connectivity index is 3.94. The molecular weight excluding hydrogens is 687 g/mol. The SMILES string of the molecule is CCCCCCCCCCCCCCCCCCC(=O)NCCN(CCNC(=O)CCCCCCCCCCCCCCCCC)CCOCCOCCO. The van der Waals surface area contributed by atoms with E-state index < -0.39 is 0 Å². The van der Waals surface area contributed by atoms with Crippen LogP contribution < -0.4 is 10.6 Å². The lowest BCUT2D eigenvalue weighted by Crippen LogP contribution is -2.41. The van der Waals surface area contributed by atoms with Gasteiger partial charge < -0.3 is 25.2 Å². The fraction of sp³-hybridized carbons (Fsp3) is 0.957. The van der Waals surface area contributed by atoms with Crippen molar-refractivity contribution in [1.29, 1.82) is 0 Å². The van der Waals surface area contributed by atoms with E-state index in [2.05, 4.69) is 29.4 Å². The summed E-state index contributed by atoms with van der Waals surface area (Å²) in [6, 6.07) is 0. The molecule has 8 heteroatoms. The second-order valence-electron chi connectivity index (χ2n) is 16.2. The standard InChI is InChI=1S/C47H95N3O5/c1-3-5-7-9-11-13-15-17-19-21-23-25-27-29-31-33-35-47(53)49-37-39-50(40-42-54-44-45-55-43-41-51)38-36-48-46(52)34-32-30-28-26-24-22-20-18-16-14-12-10-8-6-4-2/h51H,3-45H2,1-2H3,(H,48,52)(H,49,53). The highest BCUT2D eigenvalue weighted by atomic mass is 16.5. The Morgan fingerprint density at radius 2 is 0.691 bits per heavy atom. The number of carbonyl (C=O) groups is 2. The van der Waals surface area contributed by atoms with Crippen LogP contribution in [0.5, 0.6) is 0 Å². The number of carbonyl (C=O) groups excluding carboxylic acids is 2. The second kappa shape index (κ2) is 47.2. The molecule has 8 nitrogen and oxygen atoms in total. The Hall–Kier alpha value is -1.22. The van der Waals surface area contributed by atoms with E-state index in [0.717, 1.165) is 45.3 Å². The Bertz CT molecular complexity index is 771. The molecule has 0 aromatic heterocycles. The average molecular weight is 782 g/mol. The zero-order valence-electron chi connectivity index (χ0n) is 36.9. The van der Waals surface area contributed by atoms with Crippen LogP contribution >= 0.6 is 0 Å². The molecule has 0 atom stereocenters. The van der Waals surface area contributed by atoms with Crippen molar-refractivity contribution >= 4 is 11.8 Å². The van der Waals surface area contributed by atoms with Gasteiger partial charge in [-0.3, -0.25) is 14.5 Å². The Morgan fingerprint density at radius 3 is 1.00 bits per heavy atom. The number of nitrogens with zero attached hydrogens (tertiary/aromatic N) is 1. The first-order chi connectivity index (χ1) is 27.1. The van der Waals surface area contributed by atoms with Gasteiger partial charge in [-0.25, -0.2) is 0 Å². The maximum absolute atomic E-state index is 12.5. The summed E-state index contributed by atoms with van der Waals surface area (Å²) < 4.78 is 11.0. The lowest BCUT2D eigenvalue weighted by Gasteiger charge is -2.22. The van der Waals surface area contributed by atoms with Gasteiger partial charge in [-0.15, -0.1) is 0 Å². The number of hydrogen-bond donors (Lipinski definition) is 3. The van der Waals surface area contributed by atoms with Gasteiger partial charge in [-0.05, 0) is 12.8 Å². The molecule has 3 N–H and O–H groups in total. The first-order valence-electron chi connectivity index (χ1n) is 24.2. The fourth-order valence-electron chi connectivity index (χ4n) is 7.29. The topological polar surface area (TPSA) is 100 Å². The summed E-state index contributed by atoms with van der Waals surface area (Å²) >= 11 is 0. The minimum atomic E-state index is 0.0180. The van der Waals surface area contributed by atoms with Crippen molar-refractivity contribution in [2.75, 3.05) is 65.8 Å². The van der Waals surface area contributed by atoms with Crippen LogP contribution in [-0.4, -0.2) is 87.6 Å². The third kappa shape index (κ3) is 45.4. The largest absolute Gasteiger partial charge is 0.394 e. The zero-order valence-corrected chi connectivity index (χ0v) is 36.9. The van der Waals surface area contributed by atoms with Crippen LogP contribution in [0.1, 0.15) is 226 Å². The number of ether oxygens (including phenoxy) is 2. The number of amides is 2. The van der Waals surface area contributed by atoms with E-state index in [4.69, 9.17) is 14.6 Å². The molecule has 2 amide bonds. The lowest BCUT2D eigenvalue weighted by atomic mass is 10.0.